The number of hydrogen-bond donors (Lipinski definition) is 1. The van der Waals surface area contributed by atoms with Crippen LogP contribution >= 0.6 is 0 Å². The van der Waals surface area contributed by atoms with Crippen molar-refractivity contribution in [3.05, 3.63) is 64.7 Å². The lowest BCUT2D eigenvalue weighted by molar-refractivity contribution is -0.108. The summed E-state index contributed by atoms with van der Waals surface area (Å²) in [6.07, 6.45) is 3.86. The largest absolute Gasteiger partial charge is 0.492 e. The average molecular weight is 435 g/mol. The maximum atomic E-state index is 11.1. The summed E-state index contributed by atoms with van der Waals surface area (Å²) in [5.74, 6) is 2.01. The van der Waals surface area contributed by atoms with E-state index in [9.17, 15) is 4.79 Å². The molecule has 1 N–H and O–H groups in total. The predicted octanol–water partition coefficient (Wildman–Crippen LogP) is 5.05. The Morgan fingerprint density at radius 1 is 1.16 bits per heavy atom. The summed E-state index contributed by atoms with van der Waals surface area (Å²) in [5, 5.41) is 3.45. The maximum absolute atomic E-state index is 11.1. The van der Waals surface area contributed by atoms with Crippen LogP contribution in [-0.2, 0) is 23.3 Å². The minimum Gasteiger partial charge on any atom is -0.492 e. The van der Waals surface area contributed by atoms with E-state index in [4.69, 9.17) is 4.74 Å². The number of carbonyl (C=O) groups excluding carboxylic acids is 1. The van der Waals surface area contributed by atoms with Gasteiger partial charge in [0.25, 0.3) is 0 Å². The molecule has 1 fully saturated rings. The van der Waals surface area contributed by atoms with E-state index < -0.39 is 0 Å². The van der Waals surface area contributed by atoms with Gasteiger partial charge in [0.15, 0.2) is 0 Å². The standard InChI is InChI=1S/C28H38N2O2/c1-28(2,3)25-9-6-21(7-10-25)19-30-14-12-22(5-4-15-31)26(20-30)23-8-11-27-24(17-23)18-29-13-16-32-27/h6-11,15,17,22,26,29H,4-5,12-14,16,18-20H2,1-3H3. The highest BCUT2D eigenvalue weighted by atomic mass is 16.5. The van der Waals surface area contributed by atoms with Crippen molar-refractivity contribution in [2.24, 2.45) is 5.92 Å². The van der Waals surface area contributed by atoms with Gasteiger partial charge < -0.3 is 14.8 Å². The molecule has 2 aromatic rings. The van der Waals surface area contributed by atoms with Crippen LogP contribution in [0.1, 0.15) is 68.2 Å². The van der Waals surface area contributed by atoms with E-state index in [0.717, 1.165) is 64.2 Å². The molecule has 0 radical (unpaired) electrons. The minimum atomic E-state index is 0.185. The van der Waals surface area contributed by atoms with E-state index in [1.165, 1.54) is 22.3 Å². The second kappa shape index (κ2) is 10.2. The number of ether oxygens (including phenoxy) is 1. The molecule has 1 saturated heterocycles. The lowest BCUT2D eigenvalue weighted by Crippen LogP contribution is -2.39. The highest BCUT2D eigenvalue weighted by Gasteiger charge is 2.30. The van der Waals surface area contributed by atoms with Gasteiger partial charge in [0, 0.05) is 38.2 Å². The van der Waals surface area contributed by atoms with Gasteiger partial charge in [-0.15, -0.1) is 0 Å². The van der Waals surface area contributed by atoms with E-state index in [0.29, 0.717) is 18.3 Å². The Morgan fingerprint density at radius 3 is 2.72 bits per heavy atom. The van der Waals surface area contributed by atoms with Crippen LogP contribution in [0.15, 0.2) is 42.5 Å². The van der Waals surface area contributed by atoms with Crippen molar-refractivity contribution >= 4 is 6.29 Å². The molecule has 2 aliphatic heterocycles. The van der Waals surface area contributed by atoms with Crippen LogP contribution in [0.5, 0.6) is 5.75 Å². The highest BCUT2D eigenvalue weighted by Crippen LogP contribution is 2.37. The van der Waals surface area contributed by atoms with E-state index >= 15 is 0 Å². The molecular weight excluding hydrogens is 396 g/mol. The Labute approximate surface area is 193 Å². The van der Waals surface area contributed by atoms with Crippen LogP contribution in [0.25, 0.3) is 0 Å². The normalized spacial score (nSPS) is 22.0. The van der Waals surface area contributed by atoms with E-state index in [-0.39, 0.29) is 5.41 Å². The Hall–Kier alpha value is -2.17. The third kappa shape index (κ3) is 5.60. The van der Waals surface area contributed by atoms with Gasteiger partial charge in [-0.1, -0.05) is 57.2 Å². The van der Waals surface area contributed by atoms with Crippen LogP contribution in [-0.4, -0.2) is 37.4 Å². The number of fused-ring (bicyclic) bond motifs is 1. The minimum absolute atomic E-state index is 0.185. The lowest BCUT2D eigenvalue weighted by atomic mass is 9.78. The molecule has 0 spiro atoms. The zero-order valence-corrected chi connectivity index (χ0v) is 19.9. The van der Waals surface area contributed by atoms with Gasteiger partial charge >= 0.3 is 0 Å². The quantitative estimate of drug-likeness (QED) is 0.646. The highest BCUT2D eigenvalue weighted by molar-refractivity contribution is 5.49. The van der Waals surface area contributed by atoms with Gasteiger partial charge in [-0.3, -0.25) is 4.90 Å². The smallest absolute Gasteiger partial charge is 0.123 e. The number of aldehydes is 1. The van der Waals surface area contributed by atoms with Crippen molar-refractivity contribution in [2.45, 2.75) is 64.5 Å². The molecule has 2 aromatic carbocycles. The number of nitrogens with one attached hydrogen (secondary N) is 1. The first-order valence-electron chi connectivity index (χ1n) is 12.2. The zero-order valence-electron chi connectivity index (χ0n) is 19.9. The van der Waals surface area contributed by atoms with Crippen LogP contribution < -0.4 is 10.1 Å². The number of hydrogen-bond acceptors (Lipinski definition) is 4. The van der Waals surface area contributed by atoms with Crippen LogP contribution in [0.4, 0.5) is 0 Å². The fourth-order valence-electron chi connectivity index (χ4n) is 5.15. The fraction of sp³-hybridized carbons (Fsp3) is 0.536. The van der Waals surface area contributed by atoms with Crippen LogP contribution in [0, 0.1) is 5.92 Å². The molecule has 0 aromatic heterocycles. The lowest BCUT2D eigenvalue weighted by Gasteiger charge is -2.39. The first kappa shape index (κ1) is 23.0. The Bertz CT molecular complexity index is 901. The summed E-state index contributed by atoms with van der Waals surface area (Å²) in [7, 11) is 0. The topological polar surface area (TPSA) is 41.6 Å². The summed E-state index contributed by atoms with van der Waals surface area (Å²) in [5.41, 5.74) is 5.59. The molecule has 2 heterocycles. The van der Waals surface area contributed by atoms with Crippen LogP contribution in [0.3, 0.4) is 0 Å². The third-order valence-corrected chi connectivity index (χ3v) is 7.09. The van der Waals surface area contributed by atoms with Crippen molar-refractivity contribution in [1.82, 2.24) is 10.2 Å². The maximum Gasteiger partial charge on any atom is 0.123 e. The van der Waals surface area contributed by atoms with Crippen molar-refractivity contribution in [1.29, 1.82) is 0 Å². The SMILES string of the molecule is CC(C)(C)c1ccc(CN2CCC(CCC=O)C(c3ccc4c(c3)CNCCO4)C2)cc1. The molecule has 32 heavy (non-hydrogen) atoms. The van der Waals surface area contributed by atoms with Gasteiger partial charge in [0.1, 0.15) is 18.6 Å². The molecule has 2 aliphatic rings. The Morgan fingerprint density at radius 2 is 1.97 bits per heavy atom. The van der Waals surface area contributed by atoms with Crippen molar-refractivity contribution < 1.29 is 9.53 Å². The van der Waals surface area contributed by atoms with Gasteiger partial charge in [-0.05, 0) is 59.4 Å². The molecule has 0 saturated carbocycles. The number of rotatable bonds is 6. The summed E-state index contributed by atoms with van der Waals surface area (Å²) in [6.45, 7) is 12.4. The van der Waals surface area contributed by atoms with Crippen molar-refractivity contribution in [3.63, 3.8) is 0 Å². The number of likely N-dealkylation sites (tertiary alicyclic amines) is 1. The van der Waals surface area contributed by atoms with Gasteiger partial charge in [0.05, 0.1) is 0 Å². The molecule has 2 atom stereocenters. The predicted molar refractivity (Wildman–Crippen MR) is 130 cm³/mol. The Kier molecular flexibility index (Phi) is 7.32. The first-order valence-corrected chi connectivity index (χ1v) is 12.2. The Balaban J connectivity index is 1.51. The molecule has 2 unspecified atom stereocenters. The van der Waals surface area contributed by atoms with Gasteiger partial charge in [-0.25, -0.2) is 0 Å². The van der Waals surface area contributed by atoms with Crippen molar-refractivity contribution in [2.75, 3.05) is 26.2 Å². The van der Waals surface area contributed by atoms with E-state index in [1.54, 1.807) is 0 Å². The second-order valence-corrected chi connectivity index (χ2v) is 10.5. The first-order chi connectivity index (χ1) is 15.4. The fourth-order valence-corrected chi connectivity index (χ4v) is 5.15. The molecule has 0 bridgehead atoms. The summed E-state index contributed by atoms with van der Waals surface area (Å²) in [4.78, 5) is 13.7. The molecule has 0 amide bonds. The summed E-state index contributed by atoms with van der Waals surface area (Å²) in [6, 6.07) is 15.9. The van der Waals surface area contributed by atoms with E-state index in [2.05, 4.69) is 73.5 Å². The molecule has 4 heteroatoms. The van der Waals surface area contributed by atoms with E-state index in [1.807, 2.05) is 0 Å². The number of nitrogens with zero attached hydrogens (tertiary/aromatic N) is 1. The van der Waals surface area contributed by atoms with Crippen LogP contribution in [0.2, 0.25) is 0 Å². The van der Waals surface area contributed by atoms with Crippen molar-refractivity contribution in [3.8, 4) is 5.75 Å². The average Bonchev–Trinajstić information content (AvgIpc) is 3.03. The third-order valence-electron chi connectivity index (χ3n) is 7.09. The zero-order chi connectivity index (χ0) is 22.6. The van der Waals surface area contributed by atoms with Gasteiger partial charge in [0.2, 0.25) is 0 Å². The number of benzene rings is 2. The summed E-state index contributed by atoms with van der Waals surface area (Å²) >= 11 is 0. The monoisotopic (exact) mass is 434 g/mol. The summed E-state index contributed by atoms with van der Waals surface area (Å²) < 4.78 is 5.90. The number of piperidine rings is 1. The second-order valence-electron chi connectivity index (χ2n) is 10.5. The molecule has 0 aliphatic carbocycles. The molecule has 172 valence electrons. The molecule has 4 rings (SSSR count). The molecular formula is C28H38N2O2. The number of carbonyl (C=O) groups is 1. The van der Waals surface area contributed by atoms with Gasteiger partial charge in [-0.2, -0.15) is 0 Å². The molecule has 4 nitrogen and oxygen atoms in total.